The summed E-state index contributed by atoms with van der Waals surface area (Å²) in [6, 6.07) is 5.33. The molecule has 1 aliphatic rings. The first kappa shape index (κ1) is 14.0. The summed E-state index contributed by atoms with van der Waals surface area (Å²) in [6.45, 7) is 2.30. The standard InChI is InChI=1S/C15H21BrFN/c1-10-2-4-11(5-3-10)15(18)8-12-6-7-13(16)9-14(12)17/h6-7,9-11,15H,2-5,8,18H2,1H3. The minimum atomic E-state index is -0.149. The lowest BCUT2D eigenvalue weighted by atomic mass is 9.78. The van der Waals surface area contributed by atoms with Gasteiger partial charge in [-0.3, -0.25) is 0 Å². The number of nitrogens with two attached hydrogens (primary N) is 1. The van der Waals surface area contributed by atoms with Gasteiger partial charge in [-0.15, -0.1) is 0 Å². The predicted octanol–water partition coefficient (Wildman–Crippen LogP) is 4.28. The number of rotatable bonds is 3. The molecule has 1 atom stereocenters. The van der Waals surface area contributed by atoms with Crippen molar-refractivity contribution >= 4 is 15.9 Å². The van der Waals surface area contributed by atoms with E-state index in [0.717, 1.165) is 16.0 Å². The molecule has 0 amide bonds. The molecule has 0 spiro atoms. The highest BCUT2D eigenvalue weighted by molar-refractivity contribution is 9.10. The molecule has 0 aliphatic heterocycles. The summed E-state index contributed by atoms with van der Waals surface area (Å²) >= 11 is 3.27. The Bertz CT molecular complexity index is 399. The molecular formula is C15H21BrFN. The summed E-state index contributed by atoms with van der Waals surface area (Å²) in [6.07, 6.45) is 5.57. The van der Waals surface area contributed by atoms with Crippen molar-refractivity contribution in [2.24, 2.45) is 17.6 Å². The molecule has 1 aliphatic carbocycles. The first-order valence-electron chi connectivity index (χ1n) is 6.75. The molecule has 1 aromatic rings. The Kier molecular flexibility index (Phi) is 4.79. The monoisotopic (exact) mass is 313 g/mol. The van der Waals surface area contributed by atoms with Crippen molar-refractivity contribution in [2.75, 3.05) is 0 Å². The number of hydrogen-bond acceptors (Lipinski definition) is 1. The number of hydrogen-bond donors (Lipinski definition) is 1. The fourth-order valence-electron chi connectivity index (χ4n) is 2.82. The zero-order valence-corrected chi connectivity index (χ0v) is 12.4. The molecule has 18 heavy (non-hydrogen) atoms. The molecule has 100 valence electrons. The van der Waals surface area contributed by atoms with Gasteiger partial charge < -0.3 is 5.73 Å². The quantitative estimate of drug-likeness (QED) is 0.885. The Balaban J connectivity index is 1.96. The second-order valence-electron chi connectivity index (χ2n) is 5.62. The van der Waals surface area contributed by atoms with E-state index in [1.165, 1.54) is 31.7 Å². The normalized spacial score (nSPS) is 26.0. The Morgan fingerprint density at radius 2 is 2.00 bits per heavy atom. The Morgan fingerprint density at radius 1 is 1.33 bits per heavy atom. The van der Waals surface area contributed by atoms with Crippen molar-refractivity contribution in [1.29, 1.82) is 0 Å². The van der Waals surface area contributed by atoms with Gasteiger partial charge in [-0.25, -0.2) is 4.39 Å². The lowest BCUT2D eigenvalue weighted by Crippen LogP contribution is -2.34. The maximum Gasteiger partial charge on any atom is 0.127 e. The summed E-state index contributed by atoms with van der Waals surface area (Å²) in [5.74, 6) is 1.24. The summed E-state index contributed by atoms with van der Waals surface area (Å²) in [4.78, 5) is 0. The van der Waals surface area contributed by atoms with Crippen LogP contribution in [-0.2, 0) is 6.42 Å². The Labute approximate surface area is 117 Å². The zero-order chi connectivity index (χ0) is 13.1. The number of halogens is 2. The van der Waals surface area contributed by atoms with Crippen LogP contribution < -0.4 is 5.73 Å². The SMILES string of the molecule is CC1CCC(C(N)Cc2ccc(Br)cc2F)CC1. The first-order valence-corrected chi connectivity index (χ1v) is 7.55. The summed E-state index contributed by atoms with van der Waals surface area (Å²) in [7, 11) is 0. The van der Waals surface area contributed by atoms with E-state index in [2.05, 4.69) is 22.9 Å². The molecule has 0 saturated heterocycles. The summed E-state index contributed by atoms with van der Waals surface area (Å²) < 4.78 is 14.5. The van der Waals surface area contributed by atoms with Gasteiger partial charge in [0, 0.05) is 10.5 Å². The maximum absolute atomic E-state index is 13.8. The van der Waals surface area contributed by atoms with E-state index in [9.17, 15) is 4.39 Å². The molecule has 1 unspecified atom stereocenters. The van der Waals surface area contributed by atoms with E-state index in [0.29, 0.717) is 12.3 Å². The smallest absolute Gasteiger partial charge is 0.127 e. The van der Waals surface area contributed by atoms with Crippen molar-refractivity contribution in [3.05, 3.63) is 34.1 Å². The van der Waals surface area contributed by atoms with Crippen LogP contribution in [0, 0.1) is 17.7 Å². The van der Waals surface area contributed by atoms with Crippen molar-refractivity contribution in [3.63, 3.8) is 0 Å². The fourth-order valence-corrected chi connectivity index (χ4v) is 3.15. The molecule has 0 bridgehead atoms. The third-order valence-electron chi connectivity index (χ3n) is 4.14. The molecule has 0 aromatic heterocycles. The van der Waals surface area contributed by atoms with Crippen LogP contribution in [0.2, 0.25) is 0 Å². The van der Waals surface area contributed by atoms with E-state index >= 15 is 0 Å². The zero-order valence-electron chi connectivity index (χ0n) is 10.8. The van der Waals surface area contributed by atoms with Gasteiger partial charge in [-0.2, -0.15) is 0 Å². The molecule has 1 aromatic carbocycles. The maximum atomic E-state index is 13.8. The van der Waals surface area contributed by atoms with Crippen molar-refractivity contribution in [1.82, 2.24) is 0 Å². The topological polar surface area (TPSA) is 26.0 Å². The van der Waals surface area contributed by atoms with Gasteiger partial charge >= 0.3 is 0 Å². The molecule has 3 heteroatoms. The summed E-state index contributed by atoms with van der Waals surface area (Å²) in [5.41, 5.74) is 6.99. The van der Waals surface area contributed by atoms with Gasteiger partial charge in [0.05, 0.1) is 0 Å². The highest BCUT2D eigenvalue weighted by Gasteiger charge is 2.24. The average Bonchev–Trinajstić information content (AvgIpc) is 2.33. The van der Waals surface area contributed by atoms with Gasteiger partial charge in [0.2, 0.25) is 0 Å². The summed E-state index contributed by atoms with van der Waals surface area (Å²) in [5, 5.41) is 0. The van der Waals surface area contributed by atoms with Crippen LogP contribution in [0.1, 0.15) is 38.2 Å². The van der Waals surface area contributed by atoms with Crippen LogP contribution >= 0.6 is 15.9 Å². The van der Waals surface area contributed by atoms with Gasteiger partial charge in [0.25, 0.3) is 0 Å². The third-order valence-corrected chi connectivity index (χ3v) is 4.63. The van der Waals surface area contributed by atoms with E-state index in [1.807, 2.05) is 12.1 Å². The molecule has 0 heterocycles. The van der Waals surface area contributed by atoms with Crippen LogP contribution in [0.25, 0.3) is 0 Å². The highest BCUT2D eigenvalue weighted by atomic mass is 79.9. The van der Waals surface area contributed by atoms with Gasteiger partial charge in [-0.05, 0) is 48.8 Å². The second-order valence-corrected chi connectivity index (χ2v) is 6.54. The molecule has 0 radical (unpaired) electrons. The first-order chi connectivity index (χ1) is 8.56. The molecular weight excluding hydrogens is 293 g/mol. The van der Waals surface area contributed by atoms with Gasteiger partial charge in [-0.1, -0.05) is 41.8 Å². The molecule has 2 rings (SSSR count). The minimum absolute atomic E-state index is 0.0909. The minimum Gasteiger partial charge on any atom is -0.327 e. The van der Waals surface area contributed by atoms with Crippen molar-refractivity contribution in [3.8, 4) is 0 Å². The van der Waals surface area contributed by atoms with Crippen LogP contribution in [0.3, 0.4) is 0 Å². The van der Waals surface area contributed by atoms with Crippen LogP contribution in [0.5, 0.6) is 0 Å². The van der Waals surface area contributed by atoms with Crippen molar-refractivity contribution < 1.29 is 4.39 Å². The lowest BCUT2D eigenvalue weighted by molar-refractivity contribution is 0.252. The van der Waals surface area contributed by atoms with E-state index < -0.39 is 0 Å². The van der Waals surface area contributed by atoms with Crippen LogP contribution in [-0.4, -0.2) is 6.04 Å². The van der Waals surface area contributed by atoms with Crippen LogP contribution in [0.4, 0.5) is 4.39 Å². The molecule has 1 nitrogen and oxygen atoms in total. The third kappa shape index (κ3) is 3.55. The second kappa shape index (κ2) is 6.16. The van der Waals surface area contributed by atoms with E-state index in [-0.39, 0.29) is 11.9 Å². The largest absolute Gasteiger partial charge is 0.327 e. The highest BCUT2D eigenvalue weighted by Crippen LogP contribution is 2.31. The molecule has 1 saturated carbocycles. The average molecular weight is 314 g/mol. The molecule has 2 N–H and O–H groups in total. The van der Waals surface area contributed by atoms with Crippen molar-refractivity contribution in [2.45, 2.75) is 45.1 Å². The Hall–Kier alpha value is -0.410. The van der Waals surface area contributed by atoms with Gasteiger partial charge in [0.1, 0.15) is 5.82 Å². The fraction of sp³-hybridized carbons (Fsp3) is 0.600. The van der Waals surface area contributed by atoms with E-state index in [1.54, 1.807) is 0 Å². The number of benzene rings is 1. The van der Waals surface area contributed by atoms with E-state index in [4.69, 9.17) is 5.73 Å². The van der Waals surface area contributed by atoms with Gasteiger partial charge in [0.15, 0.2) is 0 Å². The molecule has 1 fully saturated rings. The van der Waals surface area contributed by atoms with Crippen LogP contribution in [0.15, 0.2) is 22.7 Å². The Morgan fingerprint density at radius 3 is 2.61 bits per heavy atom. The lowest BCUT2D eigenvalue weighted by Gasteiger charge is -2.30. The predicted molar refractivity (Wildman–Crippen MR) is 76.9 cm³/mol.